The molecule has 0 aliphatic heterocycles. The highest BCUT2D eigenvalue weighted by Crippen LogP contribution is 2.27. The van der Waals surface area contributed by atoms with E-state index >= 15 is 0 Å². The Morgan fingerprint density at radius 1 is 1.19 bits per heavy atom. The van der Waals surface area contributed by atoms with Gasteiger partial charge in [-0.05, 0) is 38.1 Å². The molecule has 1 atom stereocenters. The third-order valence-corrected chi connectivity index (χ3v) is 3.41. The first kappa shape index (κ1) is 19.1. The van der Waals surface area contributed by atoms with Crippen LogP contribution >= 0.6 is 0 Å². The SMILES string of the molecule is Cc1cc(O[C@@H](C)C(=O)Nc2ccccc2OC(F)F)ccc1[N+](=O)[O-]. The molecule has 1 N–H and O–H groups in total. The summed E-state index contributed by atoms with van der Waals surface area (Å²) in [5.74, 6) is -0.492. The van der Waals surface area contributed by atoms with Gasteiger partial charge in [-0.2, -0.15) is 8.78 Å². The summed E-state index contributed by atoms with van der Waals surface area (Å²) < 4.78 is 34.6. The number of carbonyl (C=O) groups excluding carboxylic acids is 1. The average molecular weight is 366 g/mol. The van der Waals surface area contributed by atoms with Crippen molar-refractivity contribution in [3.63, 3.8) is 0 Å². The van der Waals surface area contributed by atoms with E-state index in [-0.39, 0.29) is 22.9 Å². The molecule has 2 aromatic rings. The molecule has 7 nitrogen and oxygen atoms in total. The van der Waals surface area contributed by atoms with E-state index < -0.39 is 23.5 Å². The summed E-state index contributed by atoms with van der Waals surface area (Å²) in [4.78, 5) is 22.5. The number of ether oxygens (including phenoxy) is 2. The van der Waals surface area contributed by atoms with Gasteiger partial charge in [-0.3, -0.25) is 14.9 Å². The van der Waals surface area contributed by atoms with Gasteiger partial charge < -0.3 is 14.8 Å². The van der Waals surface area contributed by atoms with Crippen LogP contribution in [-0.2, 0) is 4.79 Å². The van der Waals surface area contributed by atoms with Gasteiger partial charge in [0, 0.05) is 11.6 Å². The Kier molecular flexibility index (Phi) is 6.05. The van der Waals surface area contributed by atoms with Gasteiger partial charge in [0.05, 0.1) is 10.6 Å². The van der Waals surface area contributed by atoms with Crippen molar-refractivity contribution in [2.45, 2.75) is 26.6 Å². The van der Waals surface area contributed by atoms with Gasteiger partial charge in [-0.1, -0.05) is 12.1 Å². The first-order valence-electron chi connectivity index (χ1n) is 7.54. The molecule has 138 valence electrons. The molecule has 0 fully saturated rings. The Hall–Kier alpha value is -3.23. The van der Waals surface area contributed by atoms with E-state index in [1.807, 2.05) is 0 Å². The number of nitro groups is 1. The first-order chi connectivity index (χ1) is 12.3. The summed E-state index contributed by atoms with van der Waals surface area (Å²) in [7, 11) is 0. The van der Waals surface area contributed by atoms with Crippen LogP contribution in [0, 0.1) is 17.0 Å². The fraction of sp³-hybridized carbons (Fsp3) is 0.235. The van der Waals surface area contributed by atoms with E-state index in [9.17, 15) is 23.7 Å². The molecule has 0 aliphatic carbocycles. The number of hydrogen-bond acceptors (Lipinski definition) is 5. The molecule has 0 saturated heterocycles. The lowest BCUT2D eigenvalue weighted by molar-refractivity contribution is -0.385. The van der Waals surface area contributed by atoms with Crippen molar-refractivity contribution in [2.24, 2.45) is 0 Å². The number of alkyl halides is 2. The molecule has 0 unspecified atom stereocenters. The number of benzene rings is 2. The molecule has 2 rings (SSSR count). The lowest BCUT2D eigenvalue weighted by Crippen LogP contribution is -2.30. The van der Waals surface area contributed by atoms with E-state index in [1.165, 1.54) is 43.3 Å². The van der Waals surface area contributed by atoms with E-state index in [0.29, 0.717) is 5.56 Å². The number of carbonyl (C=O) groups is 1. The van der Waals surface area contributed by atoms with E-state index in [1.54, 1.807) is 13.0 Å². The number of nitrogens with zero attached hydrogens (tertiary/aromatic N) is 1. The maximum absolute atomic E-state index is 12.4. The highest BCUT2D eigenvalue weighted by Gasteiger charge is 2.19. The van der Waals surface area contributed by atoms with Crippen LogP contribution in [0.2, 0.25) is 0 Å². The highest BCUT2D eigenvalue weighted by atomic mass is 19.3. The number of rotatable bonds is 7. The molecule has 0 aliphatic rings. The summed E-state index contributed by atoms with van der Waals surface area (Å²) in [5, 5.41) is 13.3. The van der Waals surface area contributed by atoms with Crippen LogP contribution in [0.3, 0.4) is 0 Å². The Bertz CT molecular complexity index is 813. The zero-order chi connectivity index (χ0) is 19.3. The van der Waals surface area contributed by atoms with Crippen LogP contribution in [0.4, 0.5) is 20.2 Å². The summed E-state index contributed by atoms with van der Waals surface area (Å²) in [6, 6.07) is 9.86. The van der Waals surface area contributed by atoms with Crippen LogP contribution in [0.25, 0.3) is 0 Å². The number of halogens is 2. The number of amides is 1. The summed E-state index contributed by atoms with van der Waals surface area (Å²) in [6.45, 7) is -0.0131. The molecule has 0 radical (unpaired) electrons. The minimum atomic E-state index is -3.02. The molecular formula is C17H16F2N2O5. The van der Waals surface area contributed by atoms with Crippen molar-refractivity contribution < 1.29 is 28.0 Å². The van der Waals surface area contributed by atoms with Gasteiger partial charge in [0.2, 0.25) is 0 Å². The van der Waals surface area contributed by atoms with E-state index in [2.05, 4.69) is 10.1 Å². The van der Waals surface area contributed by atoms with Gasteiger partial charge in [0.25, 0.3) is 11.6 Å². The molecule has 0 heterocycles. The number of anilines is 1. The molecule has 0 spiro atoms. The third kappa shape index (κ3) is 4.88. The van der Waals surface area contributed by atoms with Crippen molar-refractivity contribution in [2.75, 3.05) is 5.32 Å². The third-order valence-electron chi connectivity index (χ3n) is 3.41. The van der Waals surface area contributed by atoms with Crippen molar-refractivity contribution in [1.29, 1.82) is 0 Å². The van der Waals surface area contributed by atoms with Crippen molar-refractivity contribution >= 4 is 17.3 Å². The summed E-state index contributed by atoms with van der Waals surface area (Å²) in [6.07, 6.45) is -0.976. The Labute approximate surface area is 147 Å². The maximum Gasteiger partial charge on any atom is 0.387 e. The van der Waals surface area contributed by atoms with E-state index in [0.717, 1.165) is 0 Å². The molecular weight excluding hydrogens is 350 g/mol. The zero-order valence-corrected chi connectivity index (χ0v) is 13.9. The standard InChI is InChI=1S/C17H16F2N2O5/c1-10-9-12(7-8-14(10)21(23)24)25-11(2)16(22)20-13-5-3-4-6-15(13)26-17(18)19/h3-9,11,17H,1-2H3,(H,20,22)/t11-/m0/s1. The molecule has 9 heteroatoms. The highest BCUT2D eigenvalue weighted by molar-refractivity contribution is 5.95. The lowest BCUT2D eigenvalue weighted by Gasteiger charge is -2.16. The fourth-order valence-corrected chi connectivity index (χ4v) is 2.17. The molecule has 0 bridgehead atoms. The maximum atomic E-state index is 12.4. The van der Waals surface area contributed by atoms with Gasteiger partial charge in [-0.15, -0.1) is 0 Å². The summed E-state index contributed by atoms with van der Waals surface area (Å²) in [5.41, 5.74) is 0.399. The normalized spacial score (nSPS) is 11.7. The number of nitrogens with one attached hydrogen (secondary N) is 1. The molecule has 2 aromatic carbocycles. The lowest BCUT2D eigenvalue weighted by atomic mass is 10.2. The zero-order valence-electron chi connectivity index (χ0n) is 13.9. The predicted molar refractivity (Wildman–Crippen MR) is 89.6 cm³/mol. The predicted octanol–water partition coefficient (Wildman–Crippen LogP) is 3.91. The van der Waals surface area contributed by atoms with Gasteiger partial charge in [-0.25, -0.2) is 0 Å². The van der Waals surface area contributed by atoms with E-state index in [4.69, 9.17) is 4.74 Å². The van der Waals surface area contributed by atoms with Crippen molar-refractivity contribution in [3.05, 3.63) is 58.1 Å². The van der Waals surface area contributed by atoms with Crippen LogP contribution in [0.5, 0.6) is 11.5 Å². The second-order valence-corrected chi connectivity index (χ2v) is 5.33. The molecule has 26 heavy (non-hydrogen) atoms. The number of aryl methyl sites for hydroxylation is 1. The van der Waals surface area contributed by atoms with Crippen molar-refractivity contribution in [3.8, 4) is 11.5 Å². The quantitative estimate of drug-likeness (QED) is 0.593. The minimum absolute atomic E-state index is 0.0625. The smallest absolute Gasteiger partial charge is 0.387 e. The molecule has 1 amide bonds. The molecule has 0 saturated carbocycles. The Morgan fingerprint density at radius 3 is 2.50 bits per heavy atom. The number of nitro benzene ring substituents is 1. The second-order valence-electron chi connectivity index (χ2n) is 5.33. The fourth-order valence-electron chi connectivity index (χ4n) is 2.17. The average Bonchev–Trinajstić information content (AvgIpc) is 2.55. The van der Waals surface area contributed by atoms with Gasteiger partial charge in [0.15, 0.2) is 6.10 Å². The minimum Gasteiger partial charge on any atom is -0.481 e. The van der Waals surface area contributed by atoms with Gasteiger partial charge in [0.1, 0.15) is 11.5 Å². The van der Waals surface area contributed by atoms with Crippen molar-refractivity contribution in [1.82, 2.24) is 0 Å². The second kappa shape index (κ2) is 8.24. The largest absolute Gasteiger partial charge is 0.481 e. The summed E-state index contributed by atoms with van der Waals surface area (Å²) >= 11 is 0. The van der Waals surface area contributed by atoms with Crippen LogP contribution in [0.15, 0.2) is 42.5 Å². The number of para-hydroxylation sites is 2. The molecule has 0 aromatic heterocycles. The van der Waals surface area contributed by atoms with Crippen LogP contribution in [-0.4, -0.2) is 23.5 Å². The monoisotopic (exact) mass is 366 g/mol. The Balaban J connectivity index is 2.07. The topological polar surface area (TPSA) is 90.7 Å². The number of hydrogen-bond donors (Lipinski definition) is 1. The first-order valence-corrected chi connectivity index (χ1v) is 7.54. The van der Waals surface area contributed by atoms with Crippen LogP contribution in [0.1, 0.15) is 12.5 Å². The van der Waals surface area contributed by atoms with Crippen LogP contribution < -0.4 is 14.8 Å². The Morgan fingerprint density at radius 2 is 1.88 bits per heavy atom. The van der Waals surface area contributed by atoms with Gasteiger partial charge >= 0.3 is 6.61 Å².